The van der Waals surface area contributed by atoms with Crippen LogP contribution in [0.25, 0.3) is 0 Å². The van der Waals surface area contributed by atoms with Crippen LogP contribution < -0.4 is 10.2 Å². The molecule has 24 heavy (non-hydrogen) atoms. The summed E-state index contributed by atoms with van der Waals surface area (Å²) in [7, 11) is 0. The van der Waals surface area contributed by atoms with Crippen molar-refractivity contribution in [1.82, 2.24) is 14.9 Å². The molecule has 0 fully saturated rings. The molecule has 0 aliphatic heterocycles. The fraction of sp³-hybridized carbons (Fsp3) is 0.333. The number of anilines is 1. The number of carbonyl (C=O) groups excluding carboxylic acids is 2. The van der Waals surface area contributed by atoms with E-state index in [0.717, 1.165) is 17.6 Å². The predicted molar refractivity (Wildman–Crippen MR) is 90.9 cm³/mol. The van der Waals surface area contributed by atoms with Crippen LogP contribution in [0, 0.1) is 5.82 Å². The number of hydrogen-bond donors (Lipinski definition) is 1. The summed E-state index contributed by atoms with van der Waals surface area (Å²) in [6, 6.07) is 3.81. The third-order valence-electron chi connectivity index (χ3n) is 2.86. The van der Waals surface area contributed by atoms with Gasteiger partial charge in [0.15, 0.2) is 5.69 Å². The van der Waals surface area contributed by atoms with Crippen LogP contribution in [0.3, 0.4) is 0 Å². The molecule has 0 saturated carbocycles. The molecule has 0 atom stereocenters. The Hall–Kier alpha value is -2.06. The van der Waals surface area contributed by atoms with Gasteiger partial charge in [0, 0.05) is 16.6 Å². The first-order chi connectivity index (χ1) is 11.2. The molecule has 9 heteroatoms. The summed E-state index contributed by atoms with van der Waals surface area (Å²) in [6.07, 6.45) is 0. The van der Waals surface area contributed by atoms with Gasteiger partial charge < -0.3 is 5.32 Å². The Morgan fingerprint density at radius 2 is 2.08 bits per heavy atom. The van der Waals surface area contributed by atoms with E-state index in [0.29, 0.717) is 5.69 Å². The Kier molecular flexibility index (Phi) is 5.51. The fourth-order valence-electron chi connectivity index (χ4n) is 1.93. The van der Waals surface area contributed by atoms with Gasteiger partial charge in [-0.2, -0.15) is 0 Å². The quantitative estimate of drug-likeness (QED) is 0.897. The van der Waals surface area contributed by atoms with Gasteiger partial charge in [0.05, 0.1) is 5.02 Å². The first kappa shape index (κ1) is 18.3. The summed E-state index contributed by atoms with van der Waals surface area (Å²) in [6.45, 7) is 5.23. The zero-order valence-corrected chi connectivity index (χ0v) is 14.9. The van der Waals surface area contributed by atoms with E-state index < -0.39 is 17.3 Å². The standard InChI is InChI=1S/C15H16ClFN4O2S/c1-15(2,3)18-13(22)7-21(14(23)12-8-24-20-19-12)9-4-5-11(17)10(16)6-9/h4-6,8H,7H2,1-3H3,(H,18,22). The van der Waals surface area contributed by atoms with Gasteiger partial charge >= 0.3 is 0 Å². The van der Waals surface area contributed by atoms with Gasteiger partial charge in [0.1, 0.15) is 12.4 Å². The molecule has 2 aromatic rings. The molecule has 6 nitrogen and oxygen atoms in total. The zero-order valence-electron chi connectivity index (χ0n) is 13.3. The molecular formula is C15H16ClFN4O2S. The van der Waals surface area contributed by atoms with Crippen LogP contribution in [-0.4, -0.2) is 33.5 Å². The lowest BCUT2D eigenvalue weighted by Crippen LogP contribution is -2.47. The molecule has 0 aliphatic rings. The maximum atomic E-state index is 13.4. The maximum absolute atomic E-state index is 13.4. The third kappa shape index (κ3) is 4.72. The monoisotopic (exact) mass is 370 g/mol. The average Bonchev–Trinajstić information content (AvgIpc) is 2.99. The summed E-state index contributed by atoms with van der Waals surface area (Å²) in [4.78, 5) is 26.0. The summed E-state index contributed by atoms with van der Waals surface area (Å²) in [5.41, 5.74) is -0.0542. The Labute approximate surface area is 147 Å². The normalized spacial score (nSPS) is 11.2. The maximum Gasteiger partial charge on any atom is 0.280 e. The third-order valence-corrected chi connectivity index (χ3v) is 3.65. The van der Waals surface area contributed by atoms with Crippen molar-refractivity contribution in [1.29, 1.82) is 0 Å². The van der Waals surface area contributed by atoms with E-state index >= 15 is 0 Å². The van der Waals surface area contributed by atoms with E-state index in [9.17, 15) is 14.0 Å². The van der Waals surface area contributed by atoms with E-state index in [2.05, 4.69) is 14.9 Å². The number of nitrogens with zero attached hydrogens (tertiary/aromatic N) is 3. The highest BCUT2D eigenvalue weighted by Crippen LogP contribution is 2.24. The van der Waals surface area contributed by atoms with E-state index in [1.165, 1.54) is 22.4 Å². The number of aromatic nitrogens is 2. The van der Waals surface area contributed by atoms with E-state index in [-0.39, 0.29) is 23.2 Å². The largest absolute Gasteiger partial charge is 0.350 e. The Morgan fingerprint density at radius 3 is 2.62 bits per heavy atom. The fourth-order valence-corrected chi connectivity index (χ4v) is 2.54. The molecule has 128 valence electrons. The van der Waals surface area contributed by atoms with Crippen LogP contribution in [0.5, 0.6) is 0 Å². The molecule has 1 aromatic carbocycles. The van der Waals surface area contributed by atoms with Crippen LogP contribution in [0.4, 0.5) is 10.1 Å². The number of amides is 2. The number of carbonyl (C=O) groups is 2. The van der Waals surface area contributed by atoms with Gasteiger partial charge in [-0.15, -0.1) is 5.10 Å². The second-order valence-electron chi connectivity index (χ2n) is 6.08. The van der Waals surface area contributed by atoms with Crippen molar-refractivity contribution in [3.63, 3.8) is 0 Å². The Bertz CT molecular complexity index is 746. The summed E-state index contributed by atoms with van der Waals surface area (Å²) in [5, 5.41) is 7.83. The van der Waals surface area contributed by atoms with Gasteiger partial charge in [-0.05, 0) is 50.5 Å². The molecule has 0 saturated heterocycles. The molecule has 0 spiro atoms. The second-order valence-corrected chi connectivity index (χ2v) is 7.10. The van der Waals surface area contributed by atoms with Crippen LogP contribution >= 0.6 is 23.1 Å². The summed E-state index contributed by atoms with van der Waals surface area (Å²) < 4.78 is 17.0. The summed E-state index contributed by atoms with van der Waals surface area (Å²) in [5.74, 6) is -1.49. The van der Waals surface area contributed by atoms with Crippen molar-refractivity contribution in [2.24, 2.45) is 0 Å². The van der Waals surface area contributed by atoms with Gasteiger partial charge in [-0.1, -0.05) is 16.1 Å². The van der Waals surface area contributed by atoms with Crippen LogP contribution in [0.2, 0.25) is 5.02 Å². The molecule has 1 aromatic heterocycles. The topological polar surface area (TPSA) is 75.2 Å². The van der Waals surface area contributed by atoms with Gasteiger partial charge in [0.25, 0.3) is 5.91 Å². The van der Waals surface area contributed by atoms with E-state index in [4.69, 9.17) is 11.6 Å². The van der Waals surface area contributed by atoms with E-state index in [1.807, 2.05) is 20.8 Å². The first-order valence-corrected chi connectivity index (χ1v) is 8.24. The number of rotatable bonds is 4. The molecule has 0 radical (unpaired) electrons. The average molecular weight is 371 g/mol. The Morgan fingerprint density at radius 1 is 1.38 bits per heavy atom. The molecule has 1 heterocycles. The van der Waals surface area contributed by atoms with E-state index in [1.54, 1.807) is 0 Å². The Balaban J connectivity index is 2.32. The second kappa shape index (κ2) is 7.23. The molecule has 2 rings (SSSR count). The lowest BCUT2D eigenvalue weighted by Gasteiger charge is -2.25. The molecule has 0 unspecified atom stereocenters. The SMILES string of the molecule is CC(C)(C)NC(=O)CN(C(=O)c1csnn1)c1ccc(F)c(Cl)c1. The smallest absolute Gasteiger partial charge is 0.280 e. The van der Waals surface area contributed by atoms with Gasteiger partial charge in [-0.25, -0.2) is 4.39 Å². The zero-order chi connectivity index (χ0) is 17.9. The minimum atomic E-state index is -0.609. The number of benzene rings is 1. The predicted octanol–water partition coefficient (Wildman–Crippen LogP) is 2.89. The summed E-state index contributed by atoms with van der Waals surface area (Å²) >= 11 is 6.81. The van der Waals surface area contributed by atoms with Crippen molar-refractivity contribution in [2.75, 3.05) is 11.4 Å². The van der Waals surface area contributed by atoms with Crippen molar-refractivity contribution in [2.45, 2.75) is 26.3 Å². The van der Waals surface area contributed by atoms with Crippen molar-refractivity contribution in [3.05, 3.63) is 40.1 Å². The van der Waals surface area contributed by atoms with Gasteiger partial charge in [0.2, 0.25) is 5.91 Å². The number of halogens is 2. The lowest BCUT2D eigenvalue weighted by atomic mass is 10.1. The van der Waals surface area contributed by atoms with Crippen molar-refractivity contribution >= 4 is 40.6 Å². The van der Waals surface area contributed by atoms with Crippen molar-refractivity contribution in [3.8, 4) is 0 Å². The minimum absolute atomic E-state index is 0.101. The molecule has 1 N–H and O–H groups in total. The minimum Gasteiger partial charge on any atom is -0.350 e. The first-order valence-electron chi connectivity index (χ1n) is 7.02. The number of nitrogens with one attached hydrogen (secondary N) is 1. The lowest BCUT2D eigenvalue weighted by molar-refractivity contribution is -0.121. The highest BCUT2D eigenvalue weighted by atomic mass is 35.5. The highest BCUT2D eigenvalue weighted by Gasteiger charge is 2.25. The molecule has 2 amide bonds. The van der Waals surface area contributed by atoms with Gasteiger partial charge in [-0.3, -0.25) is 14.5 Å². The molecule has 0 bridgehead atoms. The molecule has 0 aliphatic carbocycles. The van der Waals surface area contributed by atoms with Crippen LogP contribution in [-0.2, 0) is 4.79 Å². The van der Waals surface area contributed by atoms with Crippen LogP contribution in [0.1, 0.15) is 31.3 Å². The number of hydrogen-bond acceptors (Lipinski definition) is 5. The highest BCUT2D eigenvalue weighted by molar-refractivity contribution is 7.03. The van der Waals surface area contributed by atoms with Crippen molar-refractivity contribution < 1.29 is 14.0 Å². The molecular weight excluding hydrogens is 355 g/mol. The van der Waals surface area contributed by atoms with Crippen LogP contribution in [0.15, 0.2) is 23.6 Å².